The molecule has 1 N–H and O–H groups in total. The fraction of sp³-hybridized carbons (Fsp3) is 0.529. The zero-order chi connectivity index (χ0) is 13.9. The van der Waals surface area contributed by atoms with E-state index in [0.29, 0.717) is 5.92 Å². The third-order valence-electron chi connectivity index (χ3n) is 4.36. The standard InChI is InChI=1S/C17H24N3/c1-3-4-9-20-10-7-14(8-11-20)17-18-15-6-5-13(2)12-16(15)19-17/h5-6,12,14H,1,3-4,7-11H2,2H3,(H,18,19). The fourth-order valence-electron chi connectivity index (χ4n) is 3.09. The van der Waals surface area contributed by atoms with Gasteiger partial charge in [0.15, 0.2) is 0 Å². The van der Waals surface area contributed by atoms with E-state index in [1.54, 1.807) is 0 Å². The molecular weight excluding hydrogens is 246 g/mol. The number of aryl methyl sites for hydroxylation is 1. The number of hydrogen-bond acceptors (Lipinski definition) is 2. The van der Waals surface area contributed by atoms with Gasteiger partial charge in [-0.2, -0.15) is 0 Å². The van der Waals surface area contributed by atoms with Gasteiger partial charge in [0.25, 0.3) is 0 Å². The lowest BCUT2D eigenvalue weighted by Crippen LogP contribution is -2.33. The molecular formula is C17H24N3. The van der Waals surface area contributed by atoms with Crippen molar-refractivity contribution in [3.05, 3.63) is 36.5 Å². The number of piperidine rings is 1. The van der Waals surface area contributed by atoms with Crippen LogP contribution in [0.25, 0.3) is 11.0 Å². The van der Waals surface area contributed by atoms with Crippen molar-refractivity contribution in [2.45, 2.75) is 38.5 Å². The highest BCUT2D eigenvalue weighted by atomic mass is 15.1. The minimum Gasteiger partial charge on any atom is -0.342 e. The second-order valence-electron chi connectivity index (χ2n) is 5.97. The van der Waals surface area contributed by atoms with E-state index in [-0.39, 0.29) is 0 Å². The summed E-state index contributed by atoms with van der Waals surface area (Å²) in [7, 11) is 0. The van der Waals surface area contributed by atoms with Gasteiger partial charge in [0.05, 0.1) is 11.0 Å². The Morgan fingerprint density at radius 2 is 2.15 bits per heavy atom. The van der Waals surface area contributed by atoms with E-state index in [4.69, 9.17) is 4.98 Å². The smallest absolute Gasteiger partial charge is 0.110 e. The minimum absolute atomic E-state index is 0.596. The van der Waals surface area contributed by atoms with Crippen LogP contribution in [-0.2, 0) is 0 Å². The van der Waals surface area contributed by atoms with E-state index >= 15 is 0 Å². The molecule has 1 aromatic carbocycles. The lowest BCUT2D eigenvalue weighted by atomic mass is 9.96. The summed E-state index contributed by atoms with van der Waals surface area (Å²) in [5.41, 5.74) is 3.56. The van der Waals surface area contributed by atoms with Crippen LogP contribution in [0.15, 0.2) is 18.2 Å². The van der Waals surface area contributed by atoms with Gasteiger partial charge in [-0.1, -0.05) is 19.4 Å². The molecule has 1 aliphatic rings. The van der Waals surface area contributed by atoms with Gasteiger partial charge >= 0.3 is 0 Å². The Hall–Kier alpha value is -1.35. The Morgan fingerprint density at radius 3 is 2.90 bits per heavy atom. The van der Waals surface area contributed by atoms with Gasteiger partial charge in [0.1, 0.15) is 5.82 Å². The van der Waals surface area contributed by atoms with E-state index in [1.807, 2.05) is 0 Å². The van der Waals surface area contributed by atoms with Crippen molar-refractivity contribution in [2.75, 3.05) is 19.6 Å². The number of rotatable bonds is 4. The number of likely N-dealkylation sites (tertiary alicyclic amines) is 1. The molecule has 0 saturated carbocycles. The predicted molar refractivity (Wildman–Crippen MR) is 83.8 cm³/mol. The molecule has 0 bridgehead atoms. The molecule has 2 heterocycles. The van der Waals surface area contributed by atoms with E-state index in [9.17, 15) is 0 Å². The number of nitrogens with zero attached hydrogens (tertiary/aromatic N) is 2. The number of H-pyrrole nitrogens is 1. The first-order valence-electron chi connectivity index (χ1n) is 7.74. The SMILES string of the molecule is [CH2]CCCN1CCC(c2nc3cc(C)ccc3[nH]2)CC1. The Kier molecular flexibility index (Phi) is 4.06. The van der Waals surface area contributed by atoms with Crippen LogP contribution in [0, 0.1) is 13.8 Å². The van der Waals surface area contributed by atoms with Gasteiger partial charge in [0, 0.05) is 5.92 Å². The van der Waals surface area contributed by atoms with Crippen molar-refractivity contribution in [3.8, 4) is 0 Å². The normalized spacial score (nSPS) is 17.9. The van der Waals surface area contributed by atoms with Gasteiger partial charge in [0.2, 0.25) is 0 Å². The number of nitrogens with one attached hydrogen (secondary N) is 1. The average molecular weight is 270 g/mol. The number of imidazole rings is 1. The maximum atomic E-state index is 4.80. The van der Waals surface area contributed by atoms with Crippen LogP contribution in [0.5, 0.6) is 0 Å². The molecule has 0 spiro atoms. The van der Waals surface area contributed by atoms with E-state index < -0.39 is 0 Å². The summed E-state index contributed by atoms with van der Waals surface area (Å²) in [5, 5.41) is 0. The highest BCUT2D eigenvalue weighted by Gasteiger charge is 2.22. The van der Waals surface area contributed by atoms with Crippen molar-refractivity contribution in [3.63, 3.8) is 0 Å². The number of aromatic nitrogens is 2. The average Bonchev–Trinajstić information content (AvgIpc) is 2.88. The Labute approximate surface area is 121 Å². The van der Waals surface area contributed by atoms with E-state index in [1.165, 1.54) is 55.8 Å². The molecule has 20 heavy (non-hydrogen) atoms. The number of aromatic amines is 1. The first-order chi connectivity index (χ1) is 9.76. The van der Waals surface area contributed by atoms with Gasteiger partial charge < -0.3 is 9.88 Å². The van der Waals surface area contributed by atoms with Crippen LogP contribution in [-0.4, -0.2) is 34.5 Å². The zero-order valence-electron chi connectivity index (χ0n) is 12.4. The third kappa shape index (κ3) is 2.88. The molecule has 1 aromatic heterocycles. The first kappa shape index (κ1) is 13.6. The number of fused-ring (bicyclic) bond motifs is 1. The number of benzene rings is 1. The van der Waals surface area contributed by atoms with Crippen molar-refractivity contribution < 1.29 is 0 Å². The highest BCUT2D eigenvalue weighted by Crippen LogP contribution is 2.28. The monoisotopic (exact) mass is 270 g/mol. The maximum Gasteiger partial charge on any atom is 0.110 e. The zero-order valence-corrected chi connectivity index (χ0v) is 12.4. The molecule has 0 aliphatic carbocycles. The van der Waals surface area contributed by atoms with Crippen molar-refractivity contribution in [1.82, 2.24) is 14.9 Å². The summed E-state index contributed by atoms with van der Waals surface area (Å²) in [6.07, 6.45) is 4.70. The summed E-state index contributed by atoms with van der Waals surface area (Å²) >= 11 is 0. The quantitative estimate of drug-likeness (QED) is 0.919. The topological polar surface area (TPSA) is 31.9 Å². The predicted octanol–water partition coefficient (Wildman–Crippen LogP) is 3.67. The van der Waals surface area contributed by atoms with E-state index in [2.05, 4.69) is 41.9 Å². The lowest BCUT2D eigenvalue weighted by molar-refractivity contribution is 0.208. The summed E-state index contributed by atoms with van der Waals surface area (Å²) in [6, 6.07) is 6.45. The molecule has 0 unspecified atom stereocenters. The summed E-state index contributed by atoms with van der Waals surface area (Å²) in [4.78, 5) is 10.9. The maximum absolute atomic E-state index is 4.80. The molecule has 107 valence electrons. The van der Waals surface area contributed by atoms with Crippen molar-refractivity contribution in [1.29, 1.82) is 0 Å². The summed E-state index contributed by atoms with van der Waals surface area (Å²) < 4.78 is 0. The van der Waals surface area contributed by atoms with E-state index in [0.717, 1.165) is 11.9 Å². The summed E-state index contributed by atoms with van der Waals surface area (Å²) in [5.74, 6) is 1.78. The van der Waals surface area contributed by atoms with Crippen LogP contribution in [0.3, 0.4) is 0 Å². The van der Waals surface area contributed by atoms with Gasteiger partial charge in [-0.25, -0.2) is 4.98 Å². The lowest BCUT2D eigenvalue weighted by Gasteiger charge is -2.30. The largest absolute Gasteiger partial charge is 0.342 e. The molecule has 3 heteroatoms. The van der Waals surface area contributed by atoms with Gasteiger partial charge in [-0.3, -0.25) is 0 Å². The second-order valence-corrected chi connectivity index (χ2v) is 5.97. The molecule has 1 saturated heterocycles. The fourth-order valence-corrected chi connectivity index (χ4v) is 3.09. The van der Waals surface area contributed by atoms with Crippen LogP contribution in [0.4, 0.5) is 0 Å². The Bertz CT molecular complexity index is 565. The molecule has 1 aliphatic heterocycles. The molecule has 0 amide bonds. The molecule has 3 nitrogen and oxygen atoms in total. The molecule has 1 radical (unpaired) electrons. The molecule has 3 rings (SSSR count). The molecule has 2 aromatic rings. The van der Waals surface area contributed by atoms with Gasteiger partial charge in [-0.05, 0) is 63.5 Å². The first-order valence-corrected chi connectivity index (χ1v) is 7.74. The Balaban J connectivity index is 1.67. The van der Waals surface area contributed by atoms with Crippen LogP contribution in [0.2, 0.25) is 0 Å². The van der Waals surface area contributed by atoms with Crippen molar-refractivity contribution >= 4 is 11.0 Å². The number of unbranched alkanes of at least 4 members (excludes halogenated alkanes) is 1. The second kappa shape index (κ2) is 5.96. The summed E-state index contributed by atoms with van der Waals surface area (Å²) in [6.45, 7) is 9.64. The van der Waals surface area contributed by atoms with Gasteiger partial charge in [-0.15, -0.1) is 0 Å². The minimum atomic E-state index is 0.596. The van der Waals surface area contributed by atoms with Crippen LogP contribution >= 0.6 is 0 Å². The van der Waals surface area contributed by atoms with Crippen LogP contribution in [0.1, 0.15) is 43.0 Å². The molecule has 0 atom stereocenters. The molecule has 1 fully saturated rings. The highest BCUT2D eigenvalue weighted by molar-refractivity contribution is 5.75. The Morgan fingerprint density at radius 1 is 1.35 bits per heavy atom. The number of hydrogen-bond donors (Lipinski definition) is 1. The van der Waals surface area contributed by atoms with Crippen LogP contribution < -0.4 is 0 Å². The third-order valence-corrected chi connectivity index (χ3v) is 4.36. The van der Waals surface area contributed by atoms with Crippen molar-refractivity contribution in [2.24, 2.45) is 0 Å².